The van der Waals surface area contributed by atoms with Crippen LogP contribution in [0.2, 0.25) is 0 Å². The Bertz CT molecular complexity index is 776. The summed E-state index contributed by atoms with van der Waals surface area (Å²) in [5.74, 6) is 0.353. The summed E-state index contributed by atoms with van der Waals surface area (Å²) in [5.41, 5.74) is 2.62. The minimum Gasteiger partial charge on any atom is -0.382 e. The lowest BCUT2D eigenvalue weighted by Gasteiger charge is -2.50. The standard InChI is InChI=1S/C19H27N5O3/c1-12(2)15-10-16(27-22-15)18(26)23-8-5-19(6-9-23)17-14(20-11-21-17)4-7-24(19)13(3)25/h11-12,16H,4-10H2,1-3H3,(H,20,21)/t16-/m0/s1. The van der Waals surface area contributed by atoms with Gasteiger partial charge in [0.15, 0.2) is 0 Å². The van der Waals surface area contributed by atoms with Crippen LogP contribution in [0, 0.1) is 5.92 Å². The Morgan fingerprint density at radius 1 is 1.30 bits per heavy atom. The van der Waals surface area contributed by atoms with Gasteiger partial charge in [-0.2, -0.15) is 0 Å². The van der Waals surface area contributed by atoms with Crippen LogP contribution in [-0.2, 0) is 26.4 Å². The van der Waals surface area contributed by atoms with Crippen LogP contribution in [-0.4, -0.2) is 63.0 Å². The summed E-state index contributed by atoms with van der Waals surface area (Å²) in [7, 11) is 0. The number of carbonyl (C=O) groups is 2. The van der Waals surface area contributed by atoms with Crippen molar-refractivity contribution in [3.05, 3.63) is 17.7 Å². The van der Waals surface area contributed by atoms with Crippen LogP contribution in [0.1, 0.15) is 51.4 Å². The van der Waals surface area contributed by atoms with Gasteiger partial charge < -0.3 is 19.6 Å². The second-order valence-corrected chi connectivity index (χ2v) is 8.04. The SMILES string of the molecule is CC(=O)N1CCc2[nH]cnc2C12CCN(C(=O)[C@@H]1CC(C(C)C)=NO1)CC2. The van der Waals surface area contributed by atoms with Crippen molar-refractivity contribution in [3.8, 4) is 0 Å². The van der Waals surface area contributed by atoms with Crippen LogP contribution in [0.3, 0.4) is 0 Å². The van der Waals surface area contributed by atoms with E-state index < -0.39 is 11.6 Å². The molecule has 146 valence electrons. The van der Waals surface area contributed by atoms with Gasteiger partial charge in [0, 0.05) is 45.1 Å². The fourth-order valence-electron chi connectivity index (χ4n) is 4.61. The summed E-state index contributed by atoms with van der Waals surface area (Å²) in [5, 5.41) is 4.08. The zero-order valence-electron chi connectivity index (χ0n) is 16.2. The van der Waals surface area contributed by atoms with Gasteiger partial charge in [0.05, 0.1) is 23.3 Å². The molecule has 0 bridgehead atoms. The molecule has 1 aromatic rings. The molecular formula is C19H27N5O3. The third kappa shape index (κ3) is 2.91. The summed E-state index contributed by atoms with van der Waals surface area (Å²) in [6.07, 6.45) is 3.96. The predicted octanol–water partition coefficient (Wildman–Crippen LogP) is 1.43. The van der Waals surface area contributed by atoms with Gasteiger partial charge >= 0.3 is 0 Å². The van der Waals surface area contributed by atoms with E-state index in [0.29, 0.717) is 38.9 Å². The molecule has 3 aliphatic rings. The molecule has 1 spiro atoms. The maximum Gasteiger partial charge on any atom is 0.266 e. The number of oxime groups is 1. The lowest BCUT2D eigenvalue weighted by molar-refractivity contribution is -0.148. The minimum absolute atomic E-state index is 0.00307. The Hall–Kier alpha value is -2.38. The number of hydrogen-bond acceptors (Lipinski definition) is 5. The fourth-order valence-corrected chi connectivity index (χ4v) is 4.61. The number of imidazole rings is 1. The van der Waals surface area contributed by atoms with Gasteiger partial charge in [0.1, 0.15) is 0 Å². The number of nitrogens with zero attached hydrogens (tertiary/aromatic N) is 4. The molecule has 27 heavy (non-hydrogen) atoms. The number of likely N-dealkylation sites (tertiary alicyclic amines) is 1. The van der Waals surface area contributed by atoms with E-state index in [9.17, 15) is 9.59 Å². The molecule has 1 fully saturated rings. The first kappa shape index (κ1) is 18.0. The highest BCUT2D eigenvalue weighted by Gasteiger charge is 2.49. The van der Waals surface area contributed by atoms with Gasteiger partial charge in [-0.3, -0.25) is 9.59 Å². The first-order valence-electron chi connectivity index (χ1n) is 9.74. The number of H-pyrrole nitrogens is 1. The molecule has 1 saturated heterocycles. The third-order valence-electron chi connectivity index (χ3n) is 6.18. The van der Waals surface area contributed by atoms with E-state index in [0.717, 1.165) is 23.5 Å². The lowest BCUT2D eigenvalue weighted by atomic mass is 9.78. The maximum atomic E-state index is 12.9. The molecule has 3 aliphatic heterocycles. The first-order chi connectivity index (χ1) is 12.9. The number of piperidine rings is 1. The maximum absolute atomic E-state index is 12.9. The molecular weight excluding hydrogens is 346 g/mol. The van der Waals surface area contributed by atoms with Gasteiger partial charge in [-0.15, -0.1) is 0 Å². The number of aromatic amines is 1. The van der Waals surface area contributed by atoms with Crippen LogP contribution < -0.4 is 0 Å². The second-order valence-electron chi connectivity index (χ2n) is 8.04. The van der Waals surface area contributed by atoms with Crippen LogP contribution in [0.15, 0.2) is 11.5 Å². The molecule has 0 aromatic carbocycles. The molecule has 2 amide bonds. The van der Waals surface area contributed by atoms with Gasteiger partial charge in [-0.05, 0) is 18.8 Å². The number of carbonyl (C=O) groups excluding carboxylic acids is 2. The summed E-state index contributed by atoms with van der Waals surface area (Å²) < 4.78 is 0. The topological polar surface area (TPSA) is 90.9 Å². The monoisotopic (exact) mass is 373 g/mol. The Kier molecular flexibility index (Phi) is 4.44. The van der Waals surface area contributed by atoms with Crippen LogP contribution in [0.5, 0.6) is 0 Å². The van der Waals surface area contributed by atoms with Gasteiger partial charge in [-0.25, -0.2) is 4.98 Å². The molecule has 4 heterocycles. The first-order valence-corrected chi connectivity index (χ1v) is 9.74. The Morgan fingerprint density at radius 3 is 2.67 bits per heavy atom. The molecule has 8 heteroatoms. The van der Waals surface area contributed by atoms with Crippen molar-refractivity contribution in [1.82, 2.24) is 19.8 Å². The van der Waals surface area contributed by atoms with E-state index >= 15 is 0 Å². The molecule has 1 aromatic heterocycles. The Labute approximate surface area is 158 Å². The van der Waals surface area contributed by atoms with E-state index in [1.54, 1.807) is 13.3 Å². The van der Waals surface area contributed by atoms with Crippen molar-refractivity contribution in [2.45, 2.75) is 58.1 Å². The highest BCUT2D eigenvalue weighted by atomic mass is 16.6. The van der Waals surface area contributed by atoms with E-state index in [-0.39, 0.29) is 17.7 Å². The molecule has 0 aliphatic carbocycles. The smallest absolute Gasteiger partial charge is 0.266 e. The summed E-state index contributed by atoms with van der Waals surface area (Å²) in [6.45, 7) is 7.60. The lowest BCUT2D eigenvalue weighted by Crippen LogP contribution is -2.59. The minimum atomic E-state index is -0.507. The number of rotatable bonds is 2. The van der Waals surface area contributed by atoms with E-state index in [2.05, 4.69) is 29.0 Å². The normalized spacial score (nSPS) is 24.0. The van der Waals surface area contributed by atoms with Crippen LogP contribution in [0.4, 0.5) is 0 Å². The van der Waals surface area contributed by atoms with Crippen LogP contribution >= 0.6 is 0 Å². The number of hydrogen-bond donors (Lipinski definition) is 1. The summed E-state index contributed by atoms with van der Waals surface area (Å²) in [4.78, 5) is 42.1. The number of fused-ring (bicyclic) bond motifs is 2. The number of nitrogens with one attached hydrogen (secondary N) is 1. The van der Waals surface area contributed by atoms with Crippen molar-refractivity contribution < 1.29 is 14.4 Å². The summed E-state index contributed by atoms with van der Waals surface area (Å²) in [6, 6.07) is 0. The van der Waals surface area contributed by atoms with Gasteiger partial charge in [0.25, 0.3) is 5.91 Å². The molecule has 1 atom stereocenters. The van der Waals surface area contributed by atoms with E-state index in [4.69, 9.17) is 4.84 Å². The van der Waals surface area contributed by atoms with Crippen molar-refractivity contribution >= 4 is 17.5 Å². The molecule has 0 radical (unpaired) electrons. The predicted molar refractivity (Wildman–Crippen MR) is 98.9 cm³/mol. The molecule has 4 rings (SSSR count). The highest BCUT2D eigenvalue weighted by molar-refractivity contribution is 5.93. The van der Waals surface area contributed by atoms with Crippen molar-refractivity contribution in [1.29, 1.82) is 0 Å². The number of amides is 2. The van der Waals surface area contributed by atoms with Gasteiger partial charge in [0.2, 0.25) is 12.0 Å². The average molecular weight is 373 g/mol. The van der Waals surface area contributed by atoms with Crippen molar-refractivity contribution in [3.63, 3.8) is 0 Å². The molecule has 0 unspecified atom stereocenters. The van der Waals surface area contributed by atoms with E-state index in [1.807, 2.05) is 9.80 Å². The Morgan fingerprint density at radius 2 is 2.04 bits per heavy atom. The van der Waals surface area contributed by atoms with Crippen molar-refractivity contribution in [2.75, 3.05) is 19.6 Å². The molecule has 0 saturated carbocycles. The largest absolute Gasteiger partial charge is 0.382 e. The highest BCUT2D eigenvalue weighted by Crippen LogP contribution is 2.42. The van der Waals surface area contributed by atoms with E-state index in [1.165, 1.54) is 0 Å². The Balaban J connectivity index is 1.48. The van der Waals surface area contributed by atoms with Crippen LogP contribution in [0.25, 0.3) is 0 Å². The molecule has 1 N–H and O–H groups in total. The second kappa shape index (κ2) is 6.65. The quantitative estimate of drug-likeness (QED) is 0.849. The fraction of sp³-hybridized carbons (Fsp3) is 0.684. The average Bonchev–Trinajstić information content (AvgIpc) is 3.32. The van der Waals surface area contributed by atoms with Gasteiger partial charge in [-0.1, -0.05) is 19.0 Å². The number of aromatic nitrogens is 2. The third-order valence-corrected chi connectivity index (χ3v) is 6.18. The van der Waals surface area contributed by atoms with Crippen molar-refractivity contribution in [2.24, 2.45) is 11.1 Å². The summed E-state index contributed by atoms with van der Waals surface area (Å²) >= 11 is 0. The zero-order valence-corrected chi connectivity index (χ0v) is 16.2. The zero-order chi connectivity index (χ0) is 19.2. The molecule has 8 nitrogen and oxygen atoms in total.